The van der Waals surface area contributed by atoms with Gasteiger partial charge in [0.05, 0.1) is 17.8 Å². The van der Waals surface area contributed by atoms with Crippen LogP contribution in [0.3, 0.4) is 0 Å². The first-order valence-electron chi connectivity index (χ1n) is 7.31. The van der Waals surface area contributed by atoms with E-state index in [-0.39, 0.29) is 5.91 Å². The van der Waals surface area contributed by atoms with E-state index in [0.717, 1.165) is 53.7 Å². The van der Waals surface area contributed by atoms with Crippen molar-refractivity contribution in [2.75, 3.05) is 13.1 Å². The van der Waals surface area contributed by atoms with Gasteiger partial charge in [-0.2, -0.15) is 5.10 Å². The van der Waals surface area contributed by atoms with Gasteiger partial charge in [-0.05, 0) is 33.6 Å². The summed E-state index contributed by atoms with van der Waals surface area (Å²) in [5.41, 5.74) is 3.99. The molecule has 1 fully saturated rings. The molecule has 2 aromatic rings. The number of hydrogen-bond acceptors (Lipinski definition) is 4. The van der Waals surface area contributed by atoms with Crippen LogP contribution in [0.5, 0.6) is 0 Å². The van der Waals surface area contributed by atoms with Gasteiger partial charge in [-0.3, -0.25) is 4.79 Å². The lowest BCUT2D eigenvalue weighted by Crippen LogP contribution is -2.29. The SMILES string of the molecule is Cc1csc(-n2nc(C)c(CC(=O)N3CCCC3)c2C)n1. The van der Waals surface area contributed by atoms with E-state index < -0.39 is 0 Å². The lowest BCUT2D eigenvalue weighted by Gasteiger charge is -2.15. The molecule has 6 heteroatoms. The lowest BCUT2D eigenvalue weighted by molar-refractivity contribution is -0.129. The maximum absolute atomic E-state index is 12.3. The number of hydrogen-bond donors (Lipinski definition) is 0. The van der Waals surface area contributed by atoms with Crippen molar-refractivity contribution in [2.24, 2.45) is 0 Å². The summed E-state index contributed by atoms with van der Waals surface area (Å²) in [6, 6.07) is 0. The highest BCUT2D eigenvalue weighted by Gasteiger charge is 2.22. The third kappa shape index (κ3) is 2.72. The second kappa shape index (κ2) is 5.60. The molecule has 0 radical (unpaired) electrons. The summed E-state index contributed by atoms with van der Waals surface area (Å²) in [6.07, 6.45) is 2.70. The van der Waals surface area contributed by atoms with E-state index in [4.69, 9.17) is 0 Å². The molecule has 112 valence electrons. The highest BCUT2D eigenvalue weighted by atomic mass is 32.1. The average Bonchev–Trinajstić information content (AvgIpc) is 3.15. The van der Waals surface area contributed by atoms with Crippen molar-refractivity contribution in [2.45, 2.75) is 40.0 Å². The van der Waals surface area contributed by atoms with Crippen molar-refractivity contribution in [1.82, 2.24) is 19.7 Å². The predicted octanol–water partition coefficient (Wildman–Crippen LogP) is 2.42. The molecule has 21 heavy (non-hydrogen) atoms. The van der Waals surface area contributed by atoms with E-state index in [1.807, 2.05) is 35.7 Å². The Morgan fingerprint density at radius 1 is 1.29 bits per heavy atom. The summed E-state index contributed by atoms with van der Waals surface area (Å²) in [5.74, 6) is 0.216. The molecule has 0 aromatic carbocycles. The third-order valence-electron chi connectivity index (χ3n) is 4.02. The van der Waals surface area contributed by atoms with Crippen LogP contribution in [0.25, 0.3) is 5.13 Å². The Labute approximate surface area is 128 Å². The summed E-state index contributed by atoms with van der Waals surface area (Å²) in [7, 11) is 0. The first-order valence-corrected chi connectivity index (χ1v) is 8.19. The Hall–Kier alpha value is -1.69. The van der Waals surface area contributed by atoms with Gasteiger partial charge < -0.3 is 4.90 Å². The highest BCUT2D eigenvalue weighted by molar-refractivity contribution is 7.12. The Morgan fingerprint density at radius 3 is 2.62 bits per heavy atom. The van der Waals surface area contributed by atoms with Crippen LogP contribution >= 0.6 is 11.3 Å². The Morgan fingerprint density at radius 2 is 2.00 bits per heavy atom. The minimum atomic E-state index is 0.216. The summed E-state index contributed by atoms with van der Waals surface area (Å²) < 4.78 is 1.86. The highest BCUT2D eigenvalue weighted by Crippen LogP contribution is 2.22. The normalized spacial score (nSPS) is 14.9. The van der Waals surface area contributed by atoms with Gasteiger partial charge in [0.2, 0.25) is 11.0 Å². The molecule has 0 atom stereocenters. The standard InChI is InChI=1S/C15H20N4OS/c1-10-9-21-15(16-10)19-12(3)13(11(2)17-19)8-14(20)18-6-4-5-7-18/h9H,4-8H2,1-3H3. The minimum Gasteiger partial charge on any atom is -0.342 e. The molecule has 1 amide bonds. The van der Waals surface area contributed by atoms with Crippen molar-refractivity contribution in [3.8, 4) is 5.13 Å². The van der Waals surface area contributed by atoms with Crippen LogP contribution in [0.4, 0.5) is 0 Å². The van der Waals surface area contributed by atoms with Crippen molar-refractivity contribution >= 4 is 17.2 Å². The molecular formula is C15H20N4OS. The zero-order valence-corrected chi connectivity index (χ0v) is 13.5. The molecular weight excluding hydrogens is 284 g/mol. The minimum absolute atomic E-state index is 0.216. The van der Waals surface area contributed by atoms with Crippen LogP contribution in [0, 0.1) is 20.8 Å². The Kier molecular flexibility index (Phi) is 3.80. The molecule has 1 aliphatic heterocycles. The molecule has 0 unspecified atom stereocenters. The molecule has 2 aromatic heterocycles. The summed E-state index contributed by atoms with van der Waals surface area (Å²) in [5, 5.41) is 7.45. The summed E-state index contributed by atoms with van der Waals surface area (Å²) in [6.45, 7) is 7.76. The fourth-order valence-corrected chi connectivity index (χ4v) is 3.59. The third-order valence-corrected chi connectivity index (χ3v) is 4.95. The van der Waals surface area contributed by atoms with Crippen LogP contribution < -0.4 is 0 Å². The summed E-state index contributed by atoms with van der Waals surface area (Å²) in [4.78, 5) is 18.8. The fraction of sp³-hybridized carbons (Fsp3) is 0.533. The zero-order chi connectivity index (χ0) is 15.0. The van der Waals surface area contributed by atoms with Gasteiger partial charge in [0, 0.05) is 29.7 Å². The van der Waals surface area contributed by atoms with E-state index in [1.54, 1.807) is 11.3 Å². The maximum atomic E-state index is 12.3. The van der Waals surface area contributed by atoms with Crippen LogP contribution in [-0.4, -0.2) is 38.7 Å². The van der Waals surface area contributed by atoms with Crippen LogP contribution in [0.1, 0.15) is 35.5 Å². The van der Waals surface area contributed by atoms with Gasteiger partial charge in [0.1, 0.15) is 0 Å². The van der Waals surface area contributed by atoms with E-state index >= 15 is 0 Å². The first kappa shape index (κ1) is 14.3. The second-order valence-corrected chi connectivity index (χ2v) is 6.43. The predicted molar refractivity (Wildman–Crippen MR) is 83.0 cm³/mol. The van der Waals surface area contributed by atoms with Crippen molar-refractivity contribution in [1.29, 1.82) is 0 Å². The van der Waals surface area contributed by atoms with Gasteiger partial charge in [-0.25, -0.2) is 9.67 Å². The molecule has 0 saturated carbocycles. The average molecular weight is 304 g/mol. The van der Waals surface area contributed by atoms with Crippen LogP contribution in [-0.2, 0) is 11.2 Å². The lowest BCUT2D eigenvalue weighted by atomic mass is 10.1. The van der Waals surface area contributed by atoms with Crippen molar-refractivity contribution in [3.05, 3.63) is 28.0 Å². The smallest absolute Gasteiger partial charge is 0.227 e. The van der Waals surface area contributed by atoms with Crippen molar-refractivity contribution < 1.29 is 4.79 Å². The molecule has 1 saturated heterocycles. The molecule has 0 spiro atoms. The number of carbonyl (C=O) groups is 1. The van der Waals surface area contributed by atoms with Crippen molar-refractivity contribution in [3.63, 3.8) is 0 Å². The fourth-order valence-electron chi connectivity index (χ4n) is 2.79. The van der Waals surface area contributed by atoms with E-state index in [2.05, 4.69) is 10.1 Å². The Balaban J connectivity index is 1.86. The topological polar surface area (TPSA) is 51.0 Å². The van der Waals surface area contributed by atoms with Gasteiger partial charge in [0.25, 0.3) is 0 Å². The van der Waals surface area contributed by atoms with Crippen LogP contribution in [0.2, 0.25) is 0 Å². The molecule has 0 aliphatic carbocycles. The van der Waals surface area contributed by atoms with Gasteiger partial charge in [-0.1, -0.05) is 0 Å². The Bertz CT molecular complexity index is 667. The monoisotopic (exact) mass is 304 g/mol. The van der Waals surface area contributed by atoms with Crippen LogP contribution in [0.15, 0.2) is 5.38 Å². The quantitative estimate of drug-likeness (QED) is 0.875. The number of likely N-dealkylation sites (tertiary alicyclic amines) is 1. The van der Waals surface area contributed by atoms with E-state index in [0.29, 0.717) is 6.42 Å². The first-order chi connectivity index (χ1) is 10.1. The number of thiazole rings is 1. The molecule has 1 aliphatic rings. The zero-order valence-electron chi connectivity index (χ0n) is 12.7. The molecule has 3 rings (SSSR count). The van der Waals surface area contributed by atoms with Gasteiger partial charge in [0.15, 0.2) is 0 Å². The van der Waals surface area contributed by atoms with Gasteiger partial charge in [-0.15, -0.1) is 11.3 Å². The molecule has 0 bridgehead atoms. The number of amides is 1. The molecule has 5 nitrogen and oxygen atoms in total. The number of aryl methyl sites for hydroxylation is 2. The number of nitrogens with zero attached hydrogens (tertiary/aromatic N) is 4. The molecule has 0 N–H and O–H groups in total. The molecule has 3 heterocycles. The van der Waals surface area contributed by atoms with E-state index in [9.17, 15) is 4.79 Å². The van der Waals surface area contributed by atoms with E-state index in [1.165, 1.54) is 0 Å². The summed E-state index contributed by atoms with van der Waals surface area (Å²) >= 11 is 1.58. The number of rotatable bonds is 3. The second-order valence-electron chi connectivity index (χ2n) is 5.60. The number of carbonyl (C=O) groups excluding carboxylic acids is 1. The number of aromatic nitrogens is 3. The largest absolute Gasteiger partial charge is 0.342 e. The maximum Gasteiger partial charge on any atom is 0.227 e. The van der Waals surface area contributed by atoms with Gasteiger partial charge >= 0.3 is 0 Å².